The van der Waals surface area contributed by atoms with Gasteiger partial charge in [-0.2, -0.15) is 0 Å². The van der Waals surface area contributed by atoms with E-state index in [1.54, 1.807) is 42.5 Å². The van der Waals surface area contributed by atoms with Crippen LogP contribution in [0.2, 0.25) is 10.0 Å². The summed E-state index contributed by atoms with van der Waals surface area (Å²) in [6, 6.07) is 13.8. The molecule has 2 rings (SSSR count). The van der Waals surface area contributed by atoms with Crippen LogP contribution in [0.1, 0.15) is 10.4 Å². The van der Waals surface area contributed by atoms with E-state index in [0.29, 0.717) is 21.3 Å². The highest BCUT2D eigenvalue weighted by Gasteiger charge is 2.04. The van der Waals surface area contributed by atoms with Crippen LogP contribution in [0.3, 0.4) is 0 Å². The molecule has 0 aliphatic heterocycles. The molecule has 0 unspecified atom stereocenters. The van der Waals surface area contributed by atoms with Gasteiger partial charge in [-0.15, -0.1) is 0 Å². The van der Waals surface area contributed by atoms with Gasteiger partial charge in [0.05, 0.1) is 5.69 Å². The van der Waals surface area contributed by atoms with Gasteiger partial charge in [-0.05, 0) is 30.3 Å². The summed E-state index contributed by atoms with van der Waals surface area (Å²) in [6.07, 6.45) is 0. The average Bonchev–Trinajstić information content (AvgIpc) is 2.36. The molecule has 2 N–H and O–H groups in total. The monoisotopic (exact) mass is 280 g/mol. The van der Waals surface area contributed by atoms with Gasteiger partial charge in [0, 0.05) is 15.6 Å². The zero-order valence-electron chi connectivity index (χ0n) is 9.28. The van der Waals surface area contributed by atoms with Gasteiger partial charge >= 0.3 is 0 Å². The molecule has 0 bridgehead atoms. The molecule has 5 heteroatoms. The van der Waals surface area contributed by atoms with E-state index in [1.165, 1.54) is 0 Å². The van der Waals surface area contributed by atoms with Crippen molar-refractivity contribution in [2.24, 2.45) is 0 Å². The third kappa shape index (κ3) is 3.39. The quantitative estimate of drug-likeness (QED) is 0.841. The smallest absolute Gasteiger partial charge is 0.269 e. The Balaban J connectivity index is 2.02. The van der Waals surface area contributed by atoms with Crippen molar-refractivity contribution in [1.29, 1.82) is 0 Å². The van der Waals surface area contributed by atoms with Crippen molar-refractivity contribution >= 4 is 34.8 Å². The molecule has 2 aromatic rings. The van der Waals surface area contributed by atoms with Crippen LogP contribution in [0.4, 0.5) is 5.69 Å². The van der Waals surface area contributed by atoms with E-state index in [-0.39, 0.29) is 5.91 Å². The standard InChI is InChI=1S/C13H10Cl2N2O/c14-10-6-11(15)8-12(7-10)16-17-13(18)9-4-2-1-3-5-9/h1-8,16H,(H,17,18). The van der Waals surface area contributed by atoms with Gasteiger partial charge in [0.25, 0.3) is 5.91 Å². The molecule has 0 spiro atoms. The Hall–Kier alpha value is -1.71. The summed E-state index contributed by atoms with van der Waals surface area (Å²) in [5.41, 5.74) is 6.51. The number of benzene rings is 2. The molecule has 2 aromatic carbocycles. The van der Waals surface area contributed by atoms with Crippen molar-refractivity contribution in [2.75, 3.05) is 5.43 Å². The molecule has 1 amide bonds. The lowest BCUT2D eigenvalue weighted by atomic mass is 10.2. The predicted molar refractivity (Wildman–Crippen MR) is 74.0 cm³/mol. The summed E-state index contributed by atoms with van der Waals surface area (Å²) >= 11 is 11.7. The van der Waals surface area contributed by atoms with Crippen molar-refractivity contribution in [2.45, 2.75) is 0 Å². The van der Waals surface area contributed by atoms with Crippen LogP contribution in [-0.4, -0.2) is 5.91 Å². The lowest BCUT2D eigenvalue weighted by Gasteiger charge is -2.09. The van der Waals surface area contributed by atoms with Gasteiger partial charge in [0.1, 0.15) is 0 Å². The fourth-order valence-electron chi connectivity index (χ4n) is 1.42. The normalized spacial score (nSPS) is 9.89. The number of hydrazine groups is 1. The number of anilines is 1. The van der Waals surface area contributed by atoms with Gasteiger partial charge in [-0.25, -0.2) is 0 Å². The number of carbonyl (C=O) groups is 1. The maximum atomic E-state index is 11.7. The van der Waals surface area contributed by atoms with Gasteiger partial charge < -0.3 is 0 Å². The van der Waals surface area contributed by atoms with Crippen LogP contribution in [-0.2, 0) is 0 Å². The van der Waals surface area contributed by atoms with Crippen LogP contribution in [0.25, 0.3) is 0 Å². The Morgan fingerprint density at radius 3 is 2.17 bits per heavy atom. The third-order valence-electron chi connectivity index (χ3n) is 2.22. The second-order valence-corrected chi connectivity index (χ2v) is 4.48. The van der Waals surface area contributed by atoms with Gasteiger partial charge in [0.15, 0.2) is 0 Å². The number of halogens is 2. The Bertz CT molecular complexity index is 538. The minimum atomic E-state index is -0.230. The van der Waals surface area contributed by atoms with Crippen LogP contribution in [0, 0.1) is 0 Å². The van der Waals surface area contributed by atoms with Crippen molar-refractivity contribution in [3.63, 3.8) is 0 Å². The van der Waals surface area contributed by atoms with Crippen LogP contribution < -0.4 is 10.9 Å². The maximum absolute atomic E-state index is 11.7. The van der Waals surface area contributed by atoms with Crippen LogP contribution in [0.5, 0.6) is 0 Å². The van der Waals surface area contributed by atoms with Gasteiger partial charge in [-0.3, -0.25) is 15.6 Å². The van der Waals surface area contributed by atoms with Crippen molar-refractivity contribution in [3.8, 4) is 0 Å². The number of hydrogen-bond donors (Lipinski definition) is 2. The van der Waals surface area contributed by atoms with Crippen molar-refractivity contribution in [1.82, 2.24) is 5.43 Å². The second-order valence-electron chi connectivity index (χ2n) is 3.60. The highest BCUT2D eigenvalue weighted by Crippen LogP contribution is 2.21. The van der Waals surface area contributed by atoms with E-state index in [2.05, 4.69) is 10.9 Å². The molecule has 0 aromatic heterocycles. The summed E-state index contributed by atoms with van der Waals surface area (Å²) in [5, 5.41) is 0.998. The lowest BCUT2D eigenvalue weighted by Crippen LogP contribution is -2.29. The Morgan fingerprint density at radius 1 is 0.944 bits per heavy atom. The fraction of sp³-hybridized carbons (Fsp3) is 0. The molecule has 0 radical (unpaired) electrons. The molecule has 0 saturated heterocycles. The Kier molecular flexibility index (Phi) is 4.07. The third-order valence-corrected chi connectivity index (χ3v) is 2.66. The molecular formula is C13H10Cl2N2O. The summed E-state index contributed by atoms with van der Waals surface area (Å²) in [4.78, 5) is 11.7. The molecule has 0 atom stereocenters. The molecule has 3 nitrogen and oxygen atoms in total. The summed E-state index contributed by atoms with van der Waals surface area (Å²) < 4.78 is 0. The number of rotatable bonds is 3. The van der Waals surface area contributed by atoms with E-state index in [1.807, 2.05) is 6.07 Å². The lowest BCUT2D eigenvalue weighted by molar-refractivity contribution is 0.0962. The predicted octanol–water partition coefficient (Wildman–Crippen LogP) is 3.75. The van der Waals surface area contributed by atoms with Gasteiger partial charge in [-0.1, -0.05) is 41.4 Å². The maximum Gasteiger partial charge on any atom is 0.269 e. The van der Waals surface area contributed by atoms with Crippen molar-refractivity contribution in [3.05, 3.63) is 64.1 Å². The topological polar surface area (TPSA) is 41.1 Å². The van der Waals surface area contributed by atoms with E-state index in [4.69, 9.17) is 23.2 Å². The first-order valence-electron chi connectivity index (χ1n) is 5.22. The number of nitrogens with one attached hydrogen (secondary N) is 2. The highest BCUT2D eigenvalue weighted by molar-refractivity contribution is 6.35. The highest BCUT2D eigenvalue weighted by atomic mass is 35.5. The molecule has 92 valence electrons. The zero-order valence-corrected chi connectivity index (χ0v) is 10.8. The number of carbonyl (C=O) groups excluding carboxylic acids is 1. The van der Waals surface area contributed by atoms with Crippen LogP contribution in [0.15, 0.2) is 48.5 Å². The number of hydrogen-bond acceptors (Lipinski definition) is 2. The first kappa shape index (κ1) is 12.7. The molecule has 0 fully saturated rings. The average molecular weight is 281 g/mol. The molecular weight excluding hydrogens is 271 g/mol. The first-order chi connectivity index (χ1) is 8.65. The molecule has 18 heavy (non-hydrogen) atoms. The Labute approximate surface area is 115 Å². The zero-order chi connectivity index (χ0) is 13.0. The second kappa shape index (κ2) is 5.76. The van der Waals surface area contributed by atoms with Crippen molar-refractivity contribution < 1.29 is 4.79 Å². The summed E-state index contributed by atoms with van der Waals surface area (Å²) in [7, 11) is 0. The van der Waals surface area contributed by atoms with Gasteiger partial charge in [0.2, 0.25) is 0 Å². The van der Waals surface area contributed by atoms with E-state index >= 15 is 0 Å². The minimum absolute atomic E-state index is 0.230. The van der Waals surface area contributed by atoms with E-state index in [0.717, 1.165) is 0 Å². The first-order valence-corrected chi connectivity index (χ1v) is 5.98. The van der Waals surface area contributed by atoms with E-state index in [9.17, 15) is 4.79 Å². The summed E-state index contributed by atoms with van der Waals surface area (Å²) in [5.74, 6) is -0.230. The Morgan fingerprint density at radius 2 is 1.56 bits per heavy atom. The SMILES string of the molecule is O=C(NNc1cc(Cl)cc(Cl)c1)c1ccccc1. The number of amides is 1. The molecule has 0 aliphatic rings. The van der Waals surface area contributed by atoms with Crippen LogP contribution >= 0.6 is 23.2 Å². The fourth-order valence-corrected chi connectivity index (χ4v) is 1.94. The molecule has 0 heterocycles. The minimum Gasteiger partial charge on any atom is -0.298 e. The summed E-state index contributed by atoms with van der Waals surface area (Å²) in [6.45, 7) is 0. The largest absolute Gasteiger partial charge is 0.298 e. The molecule has 0 aliphatic carbocycles. The molecule has 0 saturated carbocycles. The van der Waals surface area contributed by atoms with E-state index < -0.39 is 0 Å².